The summed E-state index contributed by atoms with van der Waals surface area (Å²) in [5.74, 6) is 0.338. The molecular formula is C34H39NO7P+. The molecule has 0 bridgehead atoms. The van der Waals surface area contributed by atoms with Crippen molar-refractivity contribution in [1.29, 1.82) is 0 Å². The maximum atomic E-state index is 13.8. The number of benzene rings is 3. The lowest BCUT2D eigenvalue weighted by Gasteiger charge is -2.27. The molecule has 0 amide bonds. The average Bonchev–Trinajstić information content (AvgIpc) is 3.07. The minimum atomic E-state index is -2.00. The molecule has 4 rings (SSSR count). The predicted octanol–water partition coefficient (Wildman–Crippen LogP) is 5.41. The van der Waals surface area contributed by atoms with E-state index >= 15 is 0 Å². The van der Waals surface area contributed by atoms with Crippen molar-refractivity contribution in [2.75, 3.05) is 48.2 Å². The summed E-state index contributed by atoms with van der Waals surface area (Å²) in [7, 11) is 3.90. The number of hydrogen-bond donors (Lipinski definition) is 0. The van der Waals surface area contributed by atoms with Crippen molar-refractivity contribution < 1.29 is 33.2 Å². The molecule has 9 heteroatoms. The van der Waals surface area contributed by atoms with Gasteiger partial charge in [0.25, 0.3) is 5.88 Å². The molecule has 0 unspecified atom stereocenters. The van der Waals surface area contributed by atoms with Crippen LogP contribution in [0.5, 0.6) is 23.3 Å². The van der Waals surface area contributed by atoms with Crippen LogP contribution in [0.1, 0.15) is 29.6 Å². The monoisotopic (exact) mass is 604 g/mol. The molecule has 8 nitrogen and oxygen atoms in total. The van der Waals surface area contributed by atoms with Crippen molar-refractivity contribution in [3.8, 4) is 23.3 Å². The van der Waals surface area contributed by atoms with Gasteiger partial charge in [0.1, 0.15) is 28.7 Å². The Balaban J connectivity index is 1.66. The fraction of sp³-hybridized carbons (Fsp3) is 0.294. The zero-order valence-corrected chi connectivity index (χ0v) is 26.0. The van der Waals surface area contributed by atoms with E-state index in [4.69, 9.17) is 28.4 Å². The van der Waals surface area contributed by atoms with Gasteiger partial charge in [-0.05, 0) is 49.2 Å². The number of nitrogens with zero attached hydrogens (tertiary/aromatic N) is 1. The molecule has 0 saturated carbocycles. The van der Waals surface area contributed by atoms with E-state index in [1.165, 1.54) is 44.4 Å². The van der Waals surface area contributed by atoms with E-state index in [9.17, 15) is 4.79 Å². The fourth-order valence-electron chi connectivity index (χ4n) is 5.19. The third-order valence-corrected chi connectivity index (χ3v) is 11.6. The van der Waals surface area contributed by atoms with Crippen LogP contribution in [0.15, 0.2) is 91.0 Å². The van der Waals surface area contributed by atoms with Gasteiger partial charge in [0.05, 0.1) is 20.4 Å². The second kappa shape index (κ2) is 16.0. The van der Waals surface area contributed by atoms with E-state index in [2.05, 4.69) is 96.0 Å². The van der Waals surface area contributed by atoms with Gasteiger partial charge in [-0.1, -0.05) is 54.6 Å². The number of aromatic nitrogens is 1. The van der Waals surface area contributed by atoms with Gasteiger partial charge in [0.15, 0.2) is 25.1 Å². The summed E-state index contributed by atoms with van der Waals surface area (Å²) >= 11 is 0. The Kier molecular flexibility index (Phi) is 11.9. The molecule has 0 N–H and O–H groups in total. The summed E-state index contributed by atoms with van der Waals surface area (Å²) in [5, 5.41) is 3.94. The van der Waals surface area contributed by atoms with Crippen molar-refractivity contribution >= 4 is 29.0 Å². The zero-order valence-electron chi connectivity index (χ0n) is 25.2. The van der Waals surface area contributed by atoms with E-state index in [0.29, 0.717) is 6.42 Å². The third kappa shape index (κ3) is 7.34. The standard InChI is InChI=1S/C34H39NO7P/c1-37-24-41-31-30(33(42-25-38-2)35-34(40-4)32(31)39-3)29(36)22-14-15-23-43(26-16-8-5-9-17-26,27-18-10-6-11-19-27)28-20-12-7-13-21-28/h5-13,16-21H,14-15,22-25H2,1-4H3/q+1. The predicted molar refractivity (Wildman–Crippen MR) is 171 cm³/mol. The van der Waals surface area contributed by atoms with Crippen LogP contribution in [-0.2, 0) is 9.47 Å². The Morgan fingerprint density at radius 2 is 1.14 bits per heavy atom. The average molecular weight is 605 g/mol. The number of ether oxygens (including phenoxy) is 6. The summed E-state index contributed by atoms with van der Waals surface area (Å²) in [6.45, 7) is -0.212. The highest BCUT2D eigenvalue weighted by Gasteiger charge is 2.44. The topological polar surface area (TPSA) is 85.3 Å². The summed E-state index contributed by atoms with van der Waals surface area (Å²) in [5.41, 5.74) is 0.169. The van der Waals surface area contributed by atoms with Crippen LogP contribution in [0.25, 0.3) is 0 Å². The molecule has 226 valence electrons. The van der Waals surface area contributed by atoms with Gasteiger partial charge in [-0.3, -0.25) is 4.79 Å². The Morgan fingerprint density at radius 3 is 1.60 bits per heavy atom. The molecule has 0 aliphatic rings. The van der Waals surface area contributed by atoms with Gasteiger partial charge < -0.3 is 28.4 Å². The lowest BCUT2D eigenvalue weighted by atomic mass is 10.1. The highest BCUT2D eigenvalue weighted by atomic mass is 31.2. The fourth-order valence-corrected chi connectivity index (χ4v) is 9.60. The van der Waals surface area contributed by atoms with E-state index in [1.807, 2.05) is 0 Å². The van der Waals surface area contributed by atoms with Gasteiger partial charge in [-0.25, -0.2) is 0 Å². The summed E-state index contributed by atoms with van der Waals surface area (Å²) in [6, 6.07) is 32.2. The molecular weight excluding hydrogens is 565 g/mol. The van der Waals surface area contributed by atoms with Crippen LogP contribution >= 0.6 is 7.26 Å². The normalized spacial score (nSPS) is 11.2. The first-order valence-electron chi connectivity index (χ1n) is 14.1. The van der Waals surface area contributed by atoms with Crippen LogP contribution < -0.4 is 34.9 Å². The van der Waals surface area contributed by atoms with Crippen LogP contribution in [-0.4, -0.2) is 59.0 Å². The van der Waals surface area contributed by atoms with Gasteiger partial charge in [-0.2, -0.15) is 4.98 Å². The highest BCUT2D eigenvalue weighted by Crippen LogP contribution is 2.56. The summed E-state index contributed by atoms with van der Waals surface area (Å²) in [6.07, 6.45) is 2.63. The smallest absolute Gasteiger partial charge is 0.264 e. The summed E-state index contributed by atoms with van der Waals surface area (Å²) < 4.78 is 32.7. The van der Waals surface area contributed by atoms with E-state index in [1.54, 1.807) is 0 Å². The lowest BCUT2D eigenvalue weighted by Crippen LogP contribution is -2.33. The maximum absolute atomic E-state index is 13.8. The number of methoxy groups -OCH3 is 4. The van der Waals surface area contributed by atoms with Gasteiger partial charge in [-0.15, -0.1) is 0 Å². The van der Waals surface area contributed by atoms with Crippen molar-refractivity contribution in [2.45, 2.75) is 19.3 Å². The summed E-state index contributed by atoms with van der Waals surface area (Å²) in [4.78, 5) is 18.2. The third-order valence-electron chi connectivity index (χ3n) is 7.09. The number of pyridine rings is 1. The van der Waals surface area contributed by atoms with Crippen LogP contribution in [0, 0.1) is 0 Å². The van der Waals surface area contributed by atoms with Crippen LogP contribution in [0.4, 0.5) is 0 Å². The first-order valence-corrected chi connectivity index (χ1v) is 16.1. The number of carbonyl (C=O) groups is 1. The molecule has 0 aliphatic heterocycles. The quantitative estimate of drug-likeness (QED) is 0.0685. The van der Waals surface area contributed by atoms with Crippen LogP contribution in [0.3, 0.4) is 0 Å². The number of Topliss-reactive ketones (excluding diaryl/α,β-unsaturated/α-hetero) is 1. The Labute approximate surface area is 254 Å². The highest BCUT2D eigenvalue weighted by molar-refractivity contribution is 7.95. The van der Waals surface area contributed by atoms with Crippen molar-refractivity contribution in [2.24, 2.45) is 0 Å². The van der Waals surface area contributed by atoms with Crippen molar-refractivity contribution in [3.05, 3.63) is 96.6 Å². The van der Waals surface area contributed by atoms with Crippen molar-refractivity contribution in [1.82, 2.24) is 4.98 Å². The SMILES string of the molecule is COCOc1nc(OC)c(OC)c(OCOC)c1C(=O)CCCC[P+](c1ccccc1)(c1ccccc1)c1ccccc1. The maximum Gasteiger partial charge on any atom is 0.264 e. The molecule has 3 aromatic carbocycles. The molecule has 0 spiro atoms. The number of hydrogen-bond acceptors (Lipinski definition) is 8. The van der Waals surface area contributed by atoms with Gasteiger partial charge >= 0.3 is 0 Å². The van der Waals surface area contributed by atoms with Crippen LogP contribution in [0.2, 0.25) is 0 Å². The van der Waals surface area contributed by atoms with E-state index < -0.39 is 7.26 Å². The number of rotatable bonds is 17. The molecule has 4 aromatic rings. The second-order valence-corrected chi connectivity index (χ2v) is 13.3. The Hall–Kier alpha value is -3.97. The minimum absolute atomic E-state index is 0.0512. The lowest BCUT2D eigenvalue weighted by molar-refractivity contribution is 0.0401. The Bertz CT molecular complexity index is 1340. The number of carbonyl (C=O) groups excluding carboxylic acids is 1. The van der Waals surface area contributed by atoms with Gasteiger partial charge in [0, 0.05) is 20.6 Å². The van der Waals surface area contributed by atoms with Crippen molar-refractivity contribution in [3.63, 3.8) is 0 Å². The zero-order chi connectivity index (χ0) is 30.5. The van der Waals surface area contributed by atoms with E-state index in [0.717, 1.165) is 12.6 Å². The number of unbranched alkanes of at least 4 members (excludes halogenated alkanes) is 1. The molecule has 0 atom stereocenters. The molecule has 0 saturated heterocycles. The molecule has 0 aliphatic carbocycles. The number of ketones is 1. The molecule has 1 aromatic heterocycles. The Morgan fingerprint density at radius 1 is 0.628 bits per heavy atom. The molecule has 0 fully saturated rings. The first kappa shape index (κ1) is 32.0. The van der Waals surface area contributed by atoms with Gasteiger partial charge in [0.2, 0.25) is 11.6 Å². The molecule has 0 radical (unpaired) electrons. The largest absolute Gasteiger partial charge is 0.489 e. The molecule has 43 heavy (non-hydrogen) atoms. The van der Waals surface area contributed by atoms with E-state index in [-0.39, 0.29) is 54.6 Å². The first-order chi connectivity index (χ1) is 21.1. The second-order valence-electron chi connectivity index (χ2n) is 9.69. The minimum Gasteiger partial charge on any atom is -0.489 e. The molecule has 1 heterocycles.